The predicted molar refractivity (Wildman–Crippen MR) is 152 cm³/mol. The number of imide groups is 1. The Hall–Kier alpha value is -5.27. The van der Waals surface area contributed by atoms with E-state index in [4.69, 9.17) is 4.74 Å². The molecule has 2 N–H and O–H groups in total. The summed E-state index contributed by atoms with van der Waals surface area (Å²) < 4.78 is 5.21. The van der Waals surface area contributed by atoms with E-state index in [9.17, 15) is 29.5 Å². The lowest BCUT2D eigenvalue weighted by Crippen LogP contribution is -2.42. The fourth-order valence-corrected chi connectivity index (χ4v) is 5.87. The molecule has 0 unspecified atom stereocenters. The summed E-state index contributed by atoms with van der Waals surface area (Å²) in [4.78, 5) is 53.4. The molecule has 1 aliphatic rings. The van der Waals surface area contributed by atoms with Crippen molar-refractivity contribution >= 4 is 40.0 Å². The number of benzene rings is 3. The SMILES string of the molecule is COc1ccc(-c2c(C)sc(N3C(=O)c4ccc(C(=O)N[C@@H](Cc5ccccc5)C(=O)O)cc4C3=O)c2C#N)cc1. The van der Waals surface area contributed by atoms with Gasteiger partial charge in [-0.1, -0.05) is 42.5 Å². The largest absolute Gasteiger partial charge is 0.497 e. The van der Waals surface area contributed by atoms with Crippen LogP contribution in [0.3, 0.4) is 0 Å². The summed E-state index contributed by atoms with van der Waals surface area (Å²) in [5.41, 5.74) is 2.40. The number of carboxylic acid groups (broad SMARTS) is 1. The second-order valence-electron chi connectivity index (χ2n) is 9.31. The Labute approximate surface area is 239 Å². The third kappa shape index (κ3) is 5.06. The lowest BCUT2D eigenvalue weighted by Gasteiger charge is -2.15. The second-order valence-corrected chi connectivity index (χ2v) is 10.5. The molecule has 41 heavy (non-hydrogen) atoms. The first-order chi connectivity index (χ1) is 19.7. The van der Waals surface area contributed by atoms with Crippen molar-refractivity contribution in [3.8, 4) is 22.9 Å². The Balaban J connectivity index is 1.43. The molecule has 3 aromatic carbocycles. The molecule has 9 nitrogen and oxygen atoms in total. The van der Waals surface area contributed by atoms with Crippen molar-refractivity contribution in [1.82, 2.24) is 5.32 Å². The zero-order chi connectivity index (χ0) is 29.3. The first-order valence-electron chi connectivity index (χ1n) is 12.5. The summed E-state index contributed by atoms with van der Waals surface area (Å²) in [7, 11) is 1.55. The molecular formula is C31H23N3O6S. The molecule has 204 valence electrons. The number of fused-ring (bicyclic) bond motifs is 1. The fourth-order valence-electron chi connectivity index (χ4n) is 4.75. The number of carboxylic acids is 1. The minimum Gasteiger partial charge on any atom is -0.497 e. The van der Waals surface area contributed by atoms with Gasteiger partial charge in [-0.05, 0) is 48.4 Å². The van der Waals surface area contributed by atoms with Gasteiger partial charge in [-0.2, -0.15) is 5.26 Å². The summed E-state index contributed by atoms with van der Waals surface area (Å²) in [6.07, 6.45) is 0.0727. The minimum absolute atomic E-state index is 0.00137. The molecule has 1 aliphatic heterocycles. The van der Waals surface area contributed by atoms with Crippen LogP contribution < -0.4 is 15.0 Å². The number of thiophene rings is 1. The molecule has 0 aliphatic carbocycles. The third-order valence-corrected chi connectivity index (χ3v) is 7.88. The first-order valence-corrected chi connectivity index (χ1v) is 13.3. The van der Waals surface area contributed by atoms with Crippen molar-refractivity contribution in [2.75, 3.05) is 12.0 Å². The van der Waals surface area contributed by atoms with Crippen LogP contribution in [0.15, 0.2) is 72.8 Å². The third-order valence-electron chi connectivity index (χ3n) is 6.79. The Morgan fingerprint density at radius 2 is 1.71 bits per heavy atom. The number of nitrogens with zero attached hydrogens (tertiary/aromatic N) is 2. The second kappa shape index (κ2) is 11.1. The number of carbonyl (C=O) groups is 4. The molecule has 2 heterocycles. The highest BCUT2D eigenvalue weighted by atomic mass is 32.1. The Morgan fingerprint density at radius 3 is 2.34 bits per heavy atom. The van der Waals surface area contributed by atoms with Crippen molar-refractivity contribution in [2.45, 2.75) is 19.4 Å². The van der Waals surface area contributed by atoms with Gasteiger partial charge in [-0.15, -0.1) is 11.3 Å². The summed E-state index contributed by atoms with van der Waals surface area (Å²) in [6, 6.07) is 21.0. The van der Waals surface area contributed by atoms with E-state index in [-0.39, 0.29) is 33.7 Å². The zero-order valence-electron chi connectivity index (χ0n) is 22.0. The van der Waals surface area contributed by atoms with Gasteiger partial charge in [0.05, 0.1) is 23.8 Å². The van der Waals surface area contributed by atoms with Gasteiger partial charge in [0, 0.05) is 22.4 Å². The monoisotopic (exact) mass is 565 g/mol. The predicted octanol–water partition coefficient (Wildman–Crippen LogP) is 4.83. The van der Waals surface area contributed by atoms with Crippen LogP contribution in [0.2, 0.25) is 0 Å². The number of ether oxygens (including phenoxy) is 1. The maximum absolute atomic E-state index is 13.5. The van der Waals surface area contributed by atoms with Gasteiger partial charge >= 0.3 is 5.97 Å². The zero-order valence-corrected chi connectivity index (χ0v) is 22.8. The van der Waals surface area contributed by atoms with E-state index in [1.54, 1.807) is 61.7 Å². The number of aryl methyl sites for hydroxylation is 1. The molecule has 1 atom stereocenters. The highest BCUT2D eigenvalue weighted by Crippen LogP contribution is 2.44. The van der Waals surface area contributed by atoms with Crippen LogP contribution in [0.5, 0.6) is 5.75 Å². The molecule has 0 saturated heterocycles. The lowest BCUT2D eigenvalue weighted by molar-refractivity contribution is -0.139. The topological polar surface area (TPSA) is 137 Å². The van der Waals surface area contributed by atoms with Crippen LogP contribution in [-0.2, 0) is 11.2 Å². The van der Waals surface area contributed by atoms with E-state index >= 15 is 0 Å². The maximum Gasteiger partial charge on any atom is 0.326 e. The van der Waals surface area contributed by atoms with Crippen molar-refractivity contribution in [3.63, 3.8) is 0 Å². The average Bonchev–Trinajstić information content (AvgIpc) is 3.44. The van der Waals surface area contributed by atoms with E-state index in [0.29, 0.717) is 11.3 Å². The van der Waals surface area contributed by atoms with Crippen molar-refractivity contribution in [1.29, 1.82) is 5.26 Å². The summed E-state index contributed by atoms with van der Waals surface area (Å²) in [5, 5.41) is 22.4. The Morgan fingerprint density at radius 1 is 1.02 bits per heavy atom. The number of methoxy groups -OCH3 is 1. The molecule has 5 rings (SSSR count). The molecule has 0 saturated carbocycles. The summed E-state index contributed by atoms with van der Waals surface area (Å²) in [6.45, 7) is 1.81. The van der Waals surface area contributed by atoms with E-state index in [1.807, 2.05) is 6.92 Å². The van der Waals surface area contributed by atoms with Crippen LogP contribution in [0, 0.1) is 18.3 Å². The summed E-state index contributed by atoms with van der Waals surface area (Å²) in [5.74, 6) is -2.52. The van der Waals surface area contributed by atoms with Crippen LogP contribution >= 0.6 is 11.3 Å². The summed E-state index contributed by atoms with van der Waals surface area (Å²) >= 11 is 1.15. The highest BCUT2D eigenvalue weighted by molar-refractivity contribution is 7.17. The van der Waals surface area contributed by atoms with Crippen LogP contribution in [0.4, 0.5) is 5.00 Å². The molecule has 3 amide bonds. The number of aliphatic carboxylic acids is 1. The Bertz CT molecular complexity index is 1740. The molecule has 0 radical (unpaired) electrons. The van der Waals surface area contributed by atoms with Gasteiger partial charge in [0.15, 0.2) is 0 Å². The highest BCUT2D eigenvalue weighted by Gasteiger charge is 2.40. The first kappa shape index (κ1) is 27.3. The van der Waals surface area contributed by atoms with E-state index < -0.39 is 29.7 Å². The average molecular weight is 566 g/mol. The van der Waals surface area contributed by atoms with E-state index in [1.165, 1.54) is 18.2 Å². The van der Waals surface area contributed by atoms with Gasteiger partial charge in [-0.3, -0.25) is 14.4 Å². The number of nitriles is 1. The number of rotatable bonds is 8. The number of nitrogens with one attached hydrogen (secondary N) is 1. The number of hydrogen-bond acceptors (Lipinski definition) is 7. The molecule has 10 heteroatoms. The van der Waals surface area contributed by atoms with Gasteiger partial charge in [0.1, 0.15) is 22.9 Å². The maximum atomic E-state index is 13.5. The van der Waals surface area contributed by atoms with Crippen molar-refractivity contribution < 1.29 is 29.0 Å². The molecule has 0 fully saturated rings. The van der Waals surface area contributed by atoms with E-state index in [2.05, 4.69) is 11.4 Å². The molecule has 0 bridgehead atoms. The van der Waals surface area contributed by atoms with E-state index in [0.717, 1.165) is 32.2 Å². The van der Waals surface area contributed by atoms with Gasteiger partial charge in [-0.25, -0.2) is 9.69 Å². The van der Waals surface area contributed by atoms with Gasteiger partial charge in [0.2, 0.25) is 0 Å². The number of hydrogen-bond donors (Lipinski definition) is 2. The smallest absolute Gasteiger partial charge is 0.326 e. The molecular weight excluding hydrogens is 542 g/mol. The quantitative estimate of drug-likeness (QED) is 0.292. The number of carbonyl (C=O) groups excluding carboxylic acids is 3. The van der Waals surface area contributed by atoms with Crippen molar-refractivity contribution in [2.24, 2.45) is 0 Å². The normalized spacial score (nSPS) is 13.0. The fraction of sp³-hybridized carbons (Fsp3) is 0.129. The Kier molecular flexibility index (Phi) is 7.38. The molecule has 0 spiro atoms. The lowest BCUT2D eigenvalue weighted by atomic mass is 10.0. The standard InChI is InChI=1S/C31H23N3O6S/c1-17-26(19-8-11-21(40-2)12-9-19)24(16-32)30(41-17)34-28(36)22-13-10-20(15-23(22)29(34)37)27(35)33-25(31(38)39)14-18-6-4-3-5-7-18/h3-13,15,25H,14H2,1-2H3,(H,33,35)(H,38,39)/t25-/m0/s1. The molecule has 1 aromatic heterocycles. The minimum atomic E-state index is -1.20. The van der Waals surface area contributed by atoms with Gasteiger partial charge in [0.25, 0.3) is 17.7 Å². The number of anilines is 1. The van der Waals surface area contributed by atoms with Crippen LogP contribution in [0.25, 0.3) is 11.1 Å². The van der Waals surface area contributed by atoms with Gasteiger partial charge < -0.3 is 15.2 Å². The van der Waals surface area contributed by atoms with Crippen molar-refractivity contribution in [3.05, 3.63) is 105 Å². The van der Waals surface area contributed by atoms with Crippen LogP contribution in [0.1, 0.15) is 47.1 Å². The van der Waals surface area contributed by atoms with Crippen LogP contribution in [-0.4, -0.2) is 41.9 Å². The molecule has 4 aromatic rings. The number of amides is 3.